The Morgan fingerprint density at radius 3 is 2.95 bits per heavy atom. The SMILES string of the molecule is CCOc1ccc(C(=O)C2CCc3[nH]cnc3C2)cc1. The molecule has 1 aromatic heterocycles. The number of nitrogens with one attached hydrogen (secondary N) is 1. The quantitative estimate of drug-likeness (QED) is 0.869. The van der Waals surface area contributed by atoms with Crippen molar-refractivity contribution in [2.75, 3.05) is 6.61 Å². The molecule has 1 aliphatic carbocycles. The number of H-pyrrole nitrogens is 1. The van der Waals surface area contributed by atoms with E-state index >= 15 is 0 Å². The number of carbonyl (C=O) groups is 1. The number of ketones is 1. The zero-order valence-corrected chi connectivity index (χ0v) is 11.6. The molecule has 0 aliphatic heterocycles. The van der Waals surface area contributed by atoms with Gasteiger partial charge in [-0.25, -0.2) is 4.98 Å². The first-order chi connectivity index (χ1) is 9.78. The molecule has 2 aromatic rings. The van der Waals surface area contributed by atoms with Crippen LogP contribution < -0.4 is 4.74 Å². The Bertz CT molecular complexity index is 601. The van der Waals surface area contributed by atoms with E-state index in [0.717, 1.165) is 36.3 Å². The Morgan fingerprint density at radius 2 is 2.20 bits per heavy atom. The van der Waals surface area contributed by atoms with Crippen LogP contribution in [0.4, 0.5) is 0 Å². The van der Waals surface area contributed by atoms with E-state index in [-0.39, 0.29) is 11.7 Å². The van der Waals surface area contributed by atoms with Crippen LogP contribution >= 0.6 is 0 Å². The highest BCUT2D eigenvalue weighted by Gasteiger charge is 2.26. The van der Waals surface area contributed by atoms with Gasteiger partial charge in [0.15, 0.2) is 5.78 Å². The summed E-state index contributed by atoms with van der Waals surface area (Å²) < 4.78 is 5.40. The number of aromatic nitrogens is 2. The zero-order valence-electron chi connectivity index (χ0n) is 11.6. The van der Waals surface area contributed by atoms with E-state index in [1.165, 1.54) is 5.69 Å². The second-order valence-corrected chi connectivity index (χ2v) is 5.09. The molecule has 0 fully saturated rings. The smallest absolute Gasteiger partial charge is 0.166 e. The highest BCUT2D eigenvalue weighted by atomic mass is 16.5. The number of nitrogens with zero attached hydrogens (tertiary/aromatic N) is 1. The third-order valence-electron chi connectivity index (χ3n) is 3.81. The van der Waals surface area contributed by atoms with Gasteiger partial charge in [0.1, 0.15) is 5.75 Å². The van der Waals surface area contributed by atoms with Gasteiger partial charge in [0, 0.05) is 23.6 Å². The fourth-order valence-corrected chi connectivity index (χ4v) is 2.74. The van der Waals surface area contributed by atoms with Crippen molar-refractivity contribution in [1.82, 2.24) is 9.97 Å². The second kappa shape index (κ2) is 5.49. The standard InChI is InChI=1S/C16H18N2O2/c1-2-20-13-6-3-11(4-7-13)16(19)12-5-8-14-15(9-12)18-10-17-14/h3-4,6-7,10,12H,2,5,8-9H2,1H3,(H,17,18). The van der Waals surface area contributed by atoms with Crippen molar-refractivity contribution in [3.63, 3.8) is 0 Å². The minimum absolute atomic E-state index is 0.0451. The average Bonchev–Trinajstić information content (AvgIpc) is 2.95. The van der Waals surface area contributed by atoms with Crippen LogP contribution in [0, 0.1) is 5.92 Å². The first-order valence-corrected chi connectivity index (χ1v) is 7.06. The van der Waals surface area contributed by atoms with Gasteiger partial charge in [-0.3, -0.25) is 4.79 Å². The van der Waals surface area contributed by atoms with Gasteiger partial charge in [-0.2, -0.15) is 0 Å². The Morgan fingerprint density at radius 1 is 1.40 bits per heavy atom. The monoisotopic (exact) mass is 270 g/mol. The topological polar surface area (TPSA) is 55.0 Å². The minimum Gasteiger partial charge on any atom is -0.494 e. The number of aryl methyl sites for hydroxylation is 1. The summed E-state index contributed by atoms with van der Waals surface area (Å²) in [5.41, 5.74) is 2.98. The van der Waals surface area contributed by atoms with Crippen LogP contribution in [0.3, 0.4) is 0 Å². The number of benzene rings is 1. The van der Waals surface area contributed by atoms with Gasteiger partial charge in [-0.05, 0) is 44.0 Å². The van der Waals surface area contributed by atoms with Gasteiger partial charge >= 0.3 is 0 Å². The molecule has 0 saturated heterocycles. The van der Waals surface area contributed by atoms with Crippen molar-refractivity contribution in [3.05, 3.63) is 47.5 Å². The Labute approximate surface area is 118 Å². The molecule has 1 unspecified atom stereocenters. The first kappa shape index (κ1) is 12.9. The Kier molecular flexibility index (Phi) is 3.54. The second-order valence-electron chi connectivity index (χ2n) is 5.09. The minimum atomic E-state index is 0.0451. The first-order valence-electron chi connectivity index (χ1n) is 7.06. The van der Waals surface area contributed by atoms with E-state index in [2.05, 4.69) is 9.97 Å². The lowest BCUT2D eigenvalue weighted by atomic mass is 9.84. The number of rotatable bonds is 4. The van der Waals surface area contributed by atoms with Crippen LogP contribution in [-0.4, -0.2) is 22.4 Å². The predicted molar refractivity (Wildman–Crippen MR) is 76.0 cm³/mol. The maximum Gasteiger partial charge on any atom is 0.166 e. The van der Waals surface area contributed by atoms with E-state index in [0.29, 0.717) is 6.61 Å². The van der Waals surface area contributed by atoms with Crippen molar-refractivity contribution in [1.29, 1.82) is 0 Å². The third-order valence-corrected chi connectivity index (χ3v) is 3.81. The summed E-state index contributed by atoms with van der Waals surface area (Å²) in [6.07, 6.45) is 4.25. The number of Topliss-reactive ketones (excluding diaryl/α,β-unsaturated/α-hetero) is 1. The number of hydrogen-bond acceptors (Lipinski definition) is 3. The number of imidazole rings is 1. The summed E-state index contributed by atoms with van der Waals surface area (Å²) in [5.74, 6) is 1.06. The van der Waals surface area contributed by atoms with Gasteiger partial charge < -0.3 is 9.72 Å². The molecule has 1 aliphatic rings. The third kappa shape index (κ3) is 2.46. The maximum absolute atomic E-state index is 12.5. The number of ether oxygens (including phenoxy) is 1. The summed E-state index contributed by atoms with van der Waals surface area (Å²) in [5, 5.41) is 0. The van der Waals surface area contributed by atoms with Gasteiger partial charge in [-0.1, -0.05) is 0 Å². The van der Waals surface area contributed by atoms with Gasteiger partial charge in [0.25, 0.3) is 0 Å². The lowest BCUT2D eigenvalue weighted by Crippen LogP contribution is -2.22. The molecule has 1 aromatic carbocycles. The fourth-order valence-electron chi connectivity index (χ4n) is 2.74. The molecule has 4 nitrogen and oxygen atoms in total. The van der Waals surface area contributed by atoms with Crippen LogP contribution in [0.15, 0.2) is 30.6 Å². The molecule has 1 atom stereocenters. The number of carbonyl (C=O) groups excluding carboxylic acids is 1. The van der Waals surface area contributed by atoms with E-state index in [1.807, 2.05) is 31.2 Å². The molecule has 1 heterocycles. The lowest BCUT2D eigenvalue weighted by Gasteiger charge is -2.20. The lowest BCUT2D eigenvalue weighted by molar-refractivity contribution is 0.0907. The molecule has 104 valence electrons. The summed E-state index contributed by atoms with van der Waals surface area (Å²) in [6, 6.07) is 7.43. The molecule has 0 bridgehead atoms. The zero-order chi connectivity index (χ0) is 13.9. The summed E-state index contributed by atoms with van der Waals surface area (Å²) in [7, 11) is 0. The van der Waals surface area contributed by atoms with Crippen LogP contribution in [-0.2, 0) is 12.8 Å². The van der Waals surface area contributed by atoms with E-state index < -0.39 is 0 Å². The number of fused-ring (bicyclic) bond motifs is 1. The summed E-state index contributed by atoms with van der Waals surface area (Å²) in [6.45, 7) is 2.58. The van der Waals surface area contributed by atoms with Crippen LogP contribution in [0.5, 0.6) is 5.75 Å². The van der Waals surface area contributed by atoms with Crippen molar-refractivity contribution in [2.24, 2.45) is 5.92 Å². The van der Waals surface area contributed by atoms with E-state index in [9.17, 15) is 4.79 Å². The van der Waals surface area contributed by atoms with Crippen molar-refractivity contribution >= 4 is 5.78 Å². The molecular formula is C16H18N2O2. The molecule has 1 N–H and O–H groups in total. The highest BCUT2D eigenvalue weighted by Crippen LogP contribution is 2.26. The molecule has 0 saturated carbocycles. The molecule has 0 amide bonds. The van der Waals surface area contributed by atoms with Gasteiger partial charge in [0.05, 0.1) is 18.6 Å². The predicted octanol–water partition coefficient (Wildman–Crippen LogP) is 2.80. The van der Waals surface area contributed by atoms with Gasteiger partial charge in [-0.15, -0.1) is 0 Å². The van der Waals surface area contributed by atoms with Crippen LogP contribution in [0.2, 0.25) is 0 Å². The largest absolute Gasteiger partial charge is 0.494 e. The Balaban J connectivity index is 1.73. The van der Waals surface area contributed by atoms with Crippen molar-refractivity contribution in [3.8, 4) is 5.75 Å². The maximum atomic E-state index is 12.5. The molecule has 4 heteroatoms. The molecule has 3 rings (SSSR count). The Hall–Kier alpha value is -2.10. The van der Waals surface area contributed by atoms with Crippen LogP contribution in [0.25, 0.3) is 0 Å². The molecule has 0 spiro atoms. The number of aromatic amines is 1. The highest BCUT2D eigenvalue weighted by molar-refractivity contribution is 5.98. The summed E-state index contributed by atoms with van der Waals surface area (Å²) in [4.78, 5) is 20.0. The number of hydrogen-bond donors (Lipinski definition) is 1. The van der Waals surface area contributed by atoms with Crippen LogP contribution in [0.1, 0.15) is 35.1 Å². The molecule has 0 radical (unpaired) electrons. The fraction of sp³-hybridized carbons (Fsp3) is 0.375. The van der Waals surface area contributed by atoms with Gasteiger partial charge in [0.2, 0.25) is 0 Å². The summed E-state index contributed by atoms with van der Waals surface area (Å²) >= 11 is 0. The normalized spacial score (nSPS) is 17.6. The average molecular weight is 270 g/mol. The molecular weight excluding hydrogens is 252 g/mol. The molecule has 20 heavy (non-hydrogen) atoms. The van der Waals surface area contributed by atoms with E-state index in [4.69, 9.17) is 4.74 Å². The van der Waals surface area contributed by atoms with E-state index in [1.54, 1.807) is 6.33 Å². The van der Waals surface area contributed by atoms with Crippen molar-refractivity contribution < 1.29 is 9.53 Å². The van der Waals surface area contributed by atoms with Crippen molar-refractivity contribution in [2.45, 2.75) is 26.2 Å².